The number of alkyl halides is 3. The van der Waals surface area contributed by atoms with Gasteiger partial charge in [0.2, 0.25) is 5.95 Å². The molecule has 0 aliphatic carbocycles. The summed E-state index contributed by atoms with van der Waals surface area (Å²) in [5, 5.41) is 27.3. The first-order valence-corrected chi connectivity index (χ1v) is 10.3. The number of nitrogens with one attached hydrogen (secondary N) is 1. The van der Waals surface area contributed by atoms with Crippen LogP contribution in [0.15, 0.2) is 67.1 Å². The number of aromatic carboxylic acids is 1. The van der Waals surface area contributed by atoms with Gasteiger partial charge in [-0.05, 0) is 61.4 Å². The van der Waals surface area contributed by atoms with E-state index in [1.165, 1.54) is 35.1 Å². The van der Waals surface area contributed by atoms with Crippen LogP contribution in [0.2, 0.25) is 0 Å². The second-order valence-corrected chi connectivity index (χ2v) is 8.07. The molecule has 0 aliphatic heterocycles. The SMILES string of the molecule is Cc1cc(Nc2nccc(C(F)(F)F)n2)cc(-n2cc([C@@](C)(O)c3ccc(C(=O)O)cc3)cn2)c1. The van der Waals surface area contributed by atoms with E-state index in [-0.39, 0.29) is 11.5 Å². The maximum atomic E-state index is 13.0. The summed E-state index contributed by atoms with van der Waals surface area (Å²) in [6.45, 7) is 3.38. The van der Waals surface area contributed by atoms with Crippen molar-refractivity contribution in [1.29, 1.82) is 0 Å². The molecule has 0 bridgehead atoms. The van der Waals surface area contributed by atoms with Crippen LogP contribution < -0.4 is 5.32 Å². The van der Waals surface area contributed by atoms with Crippen molar-refractivity contribution >= 4 is 17.6 Å². The molecule has 180 valence electrons. The Morgan fingerprint density at radius 2 is 1.77 bits per heavy atom. The molecular weight excluding hydrogens is 463 g/mol. The number of carboxylic acids is 1. The molecule has 0 unspecified atom stereocenters. The van der Waals surface area contributed by atoms with E-state index in [1.54, 1.807) is 25.3 Å². The molecule has 8 nitrogen and oxygen atoms in total. The van der Waals surface area contributed by atoms with E-state index in [0.717, 1.165) is 17.8 Å². The van der Waals surface area contributed by atoms with Crippen molar-refractivity contribution in [3.63, 3.8) is 0 Å². The highest BCUT2D eigenvalue weighted by Crippen LogP contribution is 2.31. The topological polar surface area (TPSA) is 113 Å². The molecule has 35 heavy (non-hydrogen) atoms. The van der Waals surface area contributed by atoms with Gasteiger partial charge in [0.15, 0.2) is 0 Å². The highest BCUT2D eigenvalue weighted by molar-refractivity contribution is 5.87. The third-order valence-corrected chi connectivity index (χ3v) is 5.37. The van der Waals surface area contributed by atoms with Crippen molar-refractivity contribution in [1.82, 2.24) is 19.7 Å². The summed E-state index contributed by atoms with van der Waals surface area (Å²) in [6.07, 6.45) is -0.464. The third-order valence-electron chi connectivity index (χ3n) is 5.37. The Kier molecular flexibility index (Phi) is 6.03. The predicted octanol–water partition coefficient (Wildman–Crippen LogP) is 4.69. The summed E-state index contributed by atoms with van der Waals surface area (Å²) >= 11 is 0. The largest absolute Gasteiger partial charge is 0.478 e. The molecule has 0 radical (unpaired) electrons. The number of carboxylic acid groups (broad SMARTS) is 1. The lowest BCUT2D eigenvalue weighted by atomic mass is 9.90. The van der Waals surface area contributed by atoms with Gasteiger partial charge >= 0.3 is 12.1 Å². The fourth-order valence-electron chi connectivity index (χ4n) is 3.49. The van der Waals surface area contributed by atoms with E-state index in [4.69, 9.17) is 5.11 Å². The molecule has 4 aromatic rings. The van der Waals surface area contributed by atoms with Crippen LogP contribution in [0.1, 0.15) is 39.7 Å². The fourth-order valence-corrected chi connectivity index (χ4v) is 3.49. The Hall–Kier alpha value is -4.25. The van der Waals surface area contributed by atoms with Crippen molar-refractivity contribution in [3.8, 4) is 5.69 Å². The number of hydrogen-bond donors (Lipinski definition) is 3. The standard InChI is InChI=1S/C24H20F3N5O3/c1-14-9-18(30-22-28-8-7-20(31-22)24(25,26)27)11-19(10-14)32-13-17(12-29-32)23(2,35)16-5-3-15(4-6-16)21(33)34/h3-13,35H,1-2H3,(H,33,34)(H,28,30,31)/t23-/m0/s1. The Labute approximate surface area is 197 Å². The highest BCUT2D eigenvalue weighted by atomic mass is 19.4. The maximum Gasteiger partial charge on any atom is 0.433 e. The van der Waals surface area contributed by atoms with E-state index in [1.807, 2.05) is 13.0 Å². The zero-order valence-electron chi connectivity index (χ0n) is 18.6. The molecule has 0 saturated heterocycles. The van der Waals surface area contributed by atoms with Crippen molar-refractivity contribution in [2.24, 2.45) is 0 Å². The normalized spacial score (nSPS) is 13.3. The van der Waals surface area contributed by atoms with Gasteiger partial charge in [-0.1, -0.05) is 12.1 Å². The molecule has 2 aromatic heterocycles. The number of benzene rings is 2. The van der Waals surface area contributed by atoms with E-state index < -0.39 is 23.4 Å². The van der Waals surface area contributed by atoms with Crippen LogP contribution in [-0.4, -0.2) is 35.9 Å². The Balaban J connectivity index is 1.61. The summed E-state index contributed by atoms with van der Waals surface area (Å²) in [7, 11) is 0. The second-order valence-electron chi connectivity index (χ2n) is 8.07. The zero-order chi connectivity index (χ0) is 25.4. The van der Waals surface area contributed by atoms with Crippen LogP contribution in [0, 0.1) is 6.92 Å². The zero-order valence-corrected chi connectivity index (χ0v) is 18.6. The van der Waals surface area contributed by atoms with Crippen molar-refractivity contribution in [3.05, 3.63) is 95.1 Å². The first kappa shape index (κ1) is 23.9. The van der Waals surface area contributed by atoms with Gasteiger partial charge < -0.3 is 15.5 Å². The third kappa shape index (κ3) is 5.14. The molecule has 2 aromatic carbocycles. The molecule has 0 saturated carbocycles. The monoisotopic (exact) mass is 483 g/mol. The summed E-state index contributed by atoms with van der Waals surface area (Å²) in [5.74, 6) is -1.27. The van der Waals surface area contributed by atoms with Crippen LogP contribution in [0.25, 0.3) is 5.69 Å². The van der Waals surface area contributed by atoms with Gasteiger partial charge in [0.1, 0.15) is 11.3 Å². The average molecular weight is 483 g/mol. The Bertz CT molecular complexity index is 1380. The van der Waals surface area contributed by atoms with Crippen LogP contribution >= 0.6 is 0 Å². The number of hydrogen-bond acceptors (Lipinski definition) is 6. The van der Waals surface area contributed by atoms with Gasteiger partial charge in [-0.15, -0.1) is 0 Å². The summed E-state index contributed by atoms with van der Waals surface area (Å²) < 4.78 is 40.4. The molecule has 11 heteroatoms. The fraction of sp³-hybridized carbons (Fsp3) is 0.167. The predicted molar refractivity (Wildman–Crippen MR) is 121 cm³/mol. The van der Waals surface area contributed by atoms with Gasteiger partial charge in [0, 0.05) is 23.6 Å². The maximum absolute atomic E-state index is 13.0. The lowest BCUT2D eigenvalue weighted by molar-refractivity contribution is -0.141. The molecule has 0 aliphatic rings. The van der Waals surface area contributed by atoms with E-state index in [2.05, 4.69) is 20.4 Å². The summed E-state index contributed by atoms with van der Waals surface area (Å²) in [5.41, 5.74) is 0.364. The van der Waals surface area contributed by atoms with E-state index in [9.17, 15) is 23.1 Å². The number of carbonyl (C=O) groups is 1. The molecule has 0 spiro atoms. The number of anilines is 2. The molecule has 0 fully saturated rings. The van der Waals surface area contributed by atoms with E-state index in [0.29, 0.717) is 22.5 Å². The molecule has 0 amide bonds. The average Bonchev–Trinajstić information content (AvgIpc) is 3.30. The van der Waals surface area contributed by atoms with Crippen LogP contribution in [-0.2, 0) is 11.8 Å². The first-order chi connectivity index (χ1) is 16.4. The number of nitrogens with zero attached hydrogens (tertiary/aromatic N) is 4. The number of halogens is 3. The molecule has 3 N–H and O–H groups in total. The molecule has 1 atom stereocenters. The van der Waals surface area contributed by atoms with Crippen LogP contribution in [0.4, 0.5) is 24.8 Å². The van der Waals surface area contributed by atoms with Gasteiger partial charge in [-0.3, -0.25) is 0 Å². The number of aryl methyl sites for hydroxylation is 1. The van der Waals surface area contributed by atoms with Crippen LogP contribution in [0.5, 0.6) is 0 Å². The molecule has 4 rings (SSSR count). The summed E-state index contributed by atoms with van der Waals surface area (Å²) in [6, 6.07) is 11.9. The second kappa shape index (κ2) is 8.84. The van der Waals surface area contributed by atoms with E-state index >= 15 is 0 Å². The van der Waals surface area contributed by atoms with Crippen molar-refractivity contribution < 1.29 is 28.2 Å². The lowest BCUT2D eigenvalue weighted by Gasteiger charge is -2.22. The quantitative estimate of drug-likeness (QED) is 0.365. The van der Waals surface area contributed by atoms with Gasteiger partial charge in [0.05, 0.1) is 17.4 Å². The lowest BCUT2D eigenvalue weighted by Crippen LogP contribution is -2.22. The molecular formula is C24H20F3N5O3. The van der Waals surface area contributed by atoms with Crippen molar-refractivity contribution in [2.75, 3.05) is 5.32 Å². The molecule has 2 heterocycles. The number of aliphatic hydroxyl groups is 1. The van der Waals surface area contributed by atoms with Crippen LogP contribution in [0.3, 0.4) is 0 Å². The Morgan fingerprint density at radius 1 is 1.06 bits per heavy atom. The smallest absolute Gasteiger partial charge is 0.433 e. The minimum atomic E-state index is -4.59. The Morgan fingerprint density at radius 3 is 2.43 bits per heavy atom. The summed E-state index contributed by atoms with van der Waals surface area (Å²) in [4.78, 5) is 18.5. The first-order valence-electron chi connectivity index (χ1n) is 10.3. The van der Waals surface area contributed by atoms with Crippen molar-refractivity contribution in [2.45, 2.75) is 25.6 Å². The van der Waals surface area contributed by atoms with Gasteiger partial charge in [-0.2, -0.15) is 18.3 Å². The van der Waals surface area contributed by atoms with Gasteiger partial charge in [0.25, 0.3) is 0 Å². The minimum Gasteiger partial charge on any atom is -0.478 e. The highest BCUT2D eigenvalue weighted by Gasteiger charge is 2.33. The number of rotatable bonds is 6. The minimum absolute atomic E-state index is 0.102. The number of aromatic nitrogens is 4. The van der Waals surface area contributed by atoms with Gasteiger partial charge in [-0.25, -0.2) is 19.4 Å².